The van der Waals surface area contributed by atoms with Crippen LogP contribution in [-0.4, -0.2) is 43.8 Å². The monoisotopic (exact) mass is 735 g/mol. The molecule has 0 spiro atoms. The van der Waals surface area contributed by atoms with E-state index in [1.807, 2.05) is 0 Å². The zero-order chi connectivity index (χ0) is 30.2. The summed E-state index contributed by atoms with van der Waals surface area (Å²) in [5.41, 5.74) is 22.3. The number of anilines is 4. The van der Waals surface area contributed by atoms with Crippen LogP contribution in [-0.2, 0) is 0 Å². The second-order valence-corrected chi connectivity index (χ2v) is 7.06. The van der Waals surface area contributed by atoms with Crippen LogP contribution < -0.4 is 72.9 Å². The summed E-state index contributed by atoms with van der Waals surface area (Å²) in [4.78, 5) is 54.4. The number of nitrogens with two attached hydrogens (primary N) is 4. The SMILES string of the molecule is Nc1ccc(C(=O)[O-])nc1.Nc1ccc(C(=O)[O-])nc1.Nc1ccc(C(=O)[O-])nc1.Nc1ccc(C(=O)[O-])nc1.[Dy+3].[Na+]. The number of carboxylic acid groups (broad SMARTS) is 4. The van der Waals surface area contributed by atoms with Crippen molar-refractivity contribution in [2.24, 2.45) is 0 Å². The van der Waals surface area contributed by atoms with Gasteiger partial charge in [-0.1, -0.05) is 0 Å². The molecule has 4 aromatic heterocycles. The van der Waals surface area contributed by atoms with Gasteiger partial charge in [0.1, 0.15) is 0 Å². The Morgan fingerprint density at radius 3 is 0.690 bits per heavy atom. The van der Waals surface area contributed by atoms with E-state index in [-0.39, 0.29) is 90.5 Å². The molecule has 0 atom stereocenters. The summed E-state index contributed by atoms with van der Waals surface area (Å²) in [6, 6.07) is 11.0. The molecule has 0 saturated carbocycles. The Morgan fingerprint density at radius 2 is 0.595 bits per heavy atom. The Balaban J connectivity index is 0. The molecule has 18 heteroatoms. The number of carbonyl (C=O) groups is 4. The molecule has 4 aromatic rings. The standard InChI is InChI=1S/4C6H6N2O2.Dy.Na/c4*7-4-1-2-5(6(9)10)8-3-4;;/h4*1-3H,7H2,(H,9,10);;/q;;;;+3;+1/p-4. The van der Waals surface area contributed by atoms with Crippen LogP contribution in [0.2, 0.25) is 0 Å². The van der Waals surface area contributed by atoms with Crippen LogP contribution in [0.15, 0.2) is 73.3 Å². The number of aromatic nitrogens is 4. The summed E-state index contributed by atoms with van der Waals surface area (Å²) in [6.07, 6.45) is 5.08. The van der Waals surface area contributed by atoms with E-state index in [1.54, 1.807) is 0 Å². The van der Waals surface area contributed by atoms with E-state index >= 15 is 0 Å². The quantitative estimate of drug-likeness (QED) is 0.142. The Labute approximate surface area is 290 Å². The smallest absolute Gasteiger partial charge is 0.543 e. The summed E-state index contributed by atoms with van der Waals surface area (Å²) in [7, 11) is 0. The summed E-state index contributed by atoms with van der Waals surface area (Å²) in [5, 5.41) is 40.4. The first-order valence-corrected chi connectivity index (χ1v) is 10.5. The van der Waals surface area contributed by atoms with Gasteiger partial charge in [-0.05, 0) is 48.5 Å². The van der Waals surface area contributed by atoms with Crippen molar-refractivity contribution in [3.05, 3.63) is 96.1 Å². The third kappa shape index (κ3) is 16.3. The Bertz CT molecular complexity index is 1210. The van der Waals surface area contributed by atoms with Gasteiger partial charge in [0.25, 0.3) is 0 Å². The Kier molecular flexibility index (Phi) is 19.8. The van der Waals surface area contributed by atoms with Crippen molar-refractivity contribution in [2.75, 3.05) is 22.9 Å². The van der Waals surface area contributed by atoms with Crippen LogP contribution >= 0.6 is 0 Å². The molecule has 16 nitrogen and oxygen atoms in total. The van der Waals surface area contributed by atoms with Gasteiger partial charge in [0.2, 0.25) is 0 Å². The van der Waals surface area contributed by atoms with Crippen molar-refractivity contribution >= 4 is 46.6 Å². The van der Waals surface area contributed by atoms with Gasteiger partial charge < -0.3 is 62.5 Å². The van der Waals surface area contributed by atoms with Gasteiger partial charge in [0, 0.05) is 0 Å². The molecule has 8 N–H and O–H groups in total. The maximum Gasteiger partial charge on any atom is 3.00 e. The number of nitrogens with zero attached hydrogens (tertiary/aromatic N) is 4. The van der Waals surface area contributed by atoms with Crippen molar-refractivity contribution in [3.63, 3.8) is 0 Å². The fraction of sp³-hybridized carbons (Fsp3) is 0. The maximum atomic E-state index is 10.1. The van der Waals surface area contributed by atoms with Gasteiger partial charge in [-0.25, -0.2) is 0 Å². The normalized spacial score (nSPS) is 8.76. The molecule has 0 aliphatic heterocycles. The van der Waals surface area contributed by atoms with Crippen LogP contribution in [0.1, 0.15) is 42.0 Å². The first-order chi connectivity index (χ1) is 18.8. The summed E-state index contributed by atoms with van der Waals surface area (Å²) in [6.45, 7) is 0. The summed E-state index contributed by atoms with van der Waals surface area (Å²) >= 11 is 0. The molecule has 0 aliphatic rings. The molecule has 0 aliphatic carbocycles. The predicted octanol–water partition coefficient (Wildman–Crippen LogP) is -6.89. The number of carbonyl (C=O) groups excluding carboxylic acids is 4. The first kappa shape index (κ1) is 40.1. The minimum atomic E-state index is -1.29. The molecule has 1 radical (unpaired) electrons. The van der Waals surface area contributed by atoms with Crippen molar-refractivity contribution in [3.8, 4) is 0 Å². The van der Waals surface area contributed by atoms with Gasteiger partial charge in [-0.3, -0.25) is 19.9 Å². The van der Waals surface area contributed by atoms with E-state index in [0.717, 1.165) is 0 Å². The fourth-order valence-electron chi connectivity index (χ4n) is 2.10. The number of nitrogen functional groups attached to an aromatic ring is 4. The first-order valence-electron chi connectivity index (χ1n) is 10.5. The number of rotatable bonds is 4. The van der Waals surface area contributed by atoms with Crippen molar-refractivity contribution in [2.45, 2.75) is 0 Å². The van der Waals surface area contributed by atoms with Crippen molar-refractivity contribution < 1.29 is 107 Å². The molecule has 4 rings (SSSR count). The van der Waals surface area contributed by atoms with E-state index in [1.165, 1.54) is 73.3 Å². The number of hydrogen-bond acceptors (Lipinski definition) is 16. The van der Waals surface area contributed by atoms with Crippen LogP contribution in [0.25, 0.3) is 0 Å². The minimum Gasteiger partial charge on any atom is -0.543 e. The van der Waals surface area contributed by atoms with E-state index in [2.05, 4.69) is 19.9 Å². The molecular weight excluding hydrogens is 714 g/mol. The molecule has 0 unspecified atom stereocenters. The molecule has 4 heterocycles. The maximum absolute atomic E-state index is 10.1. The van der Waals surface area contributed by atoms with Gasteiger partial charge in [-0.2, -0.15) is 0 Å². The molecule has 0 bridgehead atoms. The third-order valence-corrected chi connectivity index (χ3v) is 3.98. The molecule has 0 fully saturated rings. The van der Waals surface area contributed by atoms with Gasteiger partial charge in [0.15, 0.2) is 0 Å². The Hall–Kier alpha value is -4.05. The minimum absolute atomic E-state index is 0. The molecule has 0 amide bonds. The third-order valence-electron chi connectivity index (χ3n) is 3.98. The topological polar surface area (TPSA) is 316 Å². The zero-order valence-electron chi connectivity index (χ0n) is 21.6. The van der Waals surface area contributed by atoms with Crippen LogP contribution in [0.5, 0.6) is 0 Å². The Morgan fingerprint density at radius 1 is 0.429 bits per heavy atom. The van der Waals surface area contributed by atoms with E-state index < -0.39 is 23.9 Å². The van der Waals surface area contributed by atoms with Crippen molar-refractivity contribution in [1.82, 2.24) is 19.9 Å². The second-order valence-electron chi connectivity index (χ2n) is 7.06. The van der Waals surface area contributed by atoms with Crippen LogP contribution in [0.4, 0.5) is 22.7 Å². The van der Waals surface area contributed by atoms with E-state index in [9.17, 15) is 39.6 Å². The van der Waals surface area contributed by atoms with E-state index in [4.69, 9.17) is 22.9 Å². The van der Waals surface area contributed by atoms with Gasteiger partial charge in [0.05, 0.1) is 94.2 Å². The number of hydrogen-bond donors (Lipinski definition) is 4. The zero-order valence-corrected chi connectivity index (χ0v) is 25.6. The predicted molar refractivity (Wildman–Crippen MR) is 132 cm³/mol. The van der Waals surface area contributed by atoms with Crippen LogP contribution in [0.3, 0.4) is 0 Å². The molecule has 0 saturated heterocycles. The average Bonchev–Trinajstić information content (AvgIpc) is 2.91. The summed E-state index contributed by atoms with van der Waals surface area (Å²) < 4.78 is 0. The number of pyridine rings is 4. The van der Waals surface area contributed by atoms with Crippen molar-refractivity contribution in [1.29, 1.82) is 0 Å². The molecular formula is C24H20DyN8NaO8. The molecule has 42 heavy (non-hydrogen) atoms. The molecule has 215 valence electrons. The largest absolute Gasteiger partial charge is 3.00 e. The number of carboxylic acids is 4. The van der Waals surface area contributed by atoms with Crippen LogP contribution in [0, 0.1) is 38.2 Å². The van der Waals surface area contributed by atoms with Gasteiger partial charge >= 0.3 is 67.7 Å². The average molecular weight is 734 g/mol. The number of aromatic carboxylic acids is 4. The fourth-order valence-corrected chi connectivity index (χ4v) is 2.10. The van der Waals surface area contributed by atoms with Gasteiger partial charge in [-0.15, -0.1) is 0 Å². The summed E-state index contributed by atoms with van der Waals surface area (Å²) in [5.74, 6) is -5.17. The van der Waals surface area contributed by atoms with E-state index in [0.29, 0.717) is 22.7 Å². The second kappa shape index (κ2) is 20.8. The molecule has 0 aromatic carbocycles.